The summed E-state index contributed by atoms with van der Waals surface area (Å²) in [6.45, 7) is -1.08. The Morgan fingerprint density at radius 3 is 2.50 bits per heavy atom. The Labute approximate surface area is 123 Å². The van der Waals surface area contributed by atoms with E-state index in [1.807, 2.05) is 30.3 Å². The molecule has 0 saturated heterocycles. The molecule has 0 atom stereocenters. The fourth-order valence-electron chi connectivity index (χ4n) is 1.70. The van der Waals surface area contributed by atoms with E-state index in [2.05, 4.69) is 15.9 Å². The first-order valence-corrected chi connectivity index (χ1v) is 6.66. The van der Waals surface area contributed by atoms with Gasteiger partial charge in [-0.25, -0.2) is 8.78 Å². The number of carbonyl (C=O) groups excluding carboxylic acids is 1. The Kier molecular flexibility index (Phi) is 4.84. The van der Waals surface area contributed by atoms with E-state index in [0.29, 0.717) is 0 Å². The topological polar surface area (TPSA) is 26.3 Å². The number of hydrogen-bond acceptors (Lipinski definition) is 2. The van der Waals surface area contributed by atoms with E-state index in [0.717, 1.165) is 5.56 Å². The van der Waals surface area contributed by atoms with Crippen molar-refractivity contribution in [1.82, 2.24) is 0 Å². The fraction of sp³-hybridized carbons (Fsp3) is 0.133. The largest absolute Gasteiger partial charge is 0.486 e. The molecule has 0 aromatic heterocycles. The molecule has 0 aliphatic carbocycles. The number of hydrogen-bond donors (Lipinski definition) is 0. The fourth-order valence-corrected chi connectivity index (χ4v) is 2.23. The first-order valence-electron chi connectivity index (χ1n) is 5.87. The summed E-state index contributed by atoms with van der Waals surface area (Å²) in [5.41, 5.74) is 0.547. The van der Waals surface area contributed by atoms with Crippen LogP contribution >= 0.6 is 15.9 Å². The number of Topliss-reactive ketones (excluding diaryl/α,β-unsaturated/α-hetero) is 1. The lowest BCUT2D eigenvalue weighted by Crippen LogP contribution is -2.08. The molecule has 0 amide bonds. The molecular formula is C15H11BrF2O2. The van der Waals surface area contributed by atoms with Gasteiger partial charge < -0.3 is 4.74 Å². The van der Waals surface area contributed by atoms with Crippen molar-refractivity contribution in [2.45, 2.75) is 6.61 Å². The highest BCUT2D eigenvalue weighted by Crippen LogP contribution is 2.28. The van der Waals surface area contributed by atoms with Crippen LogP contribution in [0.1, 0.15) is 15.9 Å². The molecule has 2 aromatic carbocycles. The zero-order chi connectivity index (χ0) is 14.5. The van der Waals surface area contributed by atoms with Crippen molar-refractivity contribution in [2.24, 2.45) is 0 Å². The smallest absolute Gasteiger partial charge is 0.198 e. The molecule has 0 aliphatic rings. The van der Waals surface area contributed by atoms with Crippen molar-refractivity contribution >= 4 is 21.7 Å². The molecule has 0 bridgehead atoms. The first kappa shape index (κ1) is 14.7. The highest BCUT2D eigenvalue weighted by atomic mass is 79.9. The second-order valence-electron chi connectivity index (χ2n) is 4.07. The van der Waals surface area contributed by atoms with Crippen LogP contribution in [0.25, 0.3) is 0 Å². The number of rotatable bonds is 5. The van der Waals surface area contributed by atoms with E-state index < -0.39 is 18.3 Å². The number of benzene rings is 2. The molecule has 0 radical (unpaired) electrons. The van der Waals surface area contributed by atoms with Crippen LogP contribution in [0.15, 0.2) is 46.9 Å². The number of alkyl halides is 1. The van der Waals surface area contributed by atoms with E-state index in [1.54, 1.807) is 0 Å². The van der Waals surface area contributed by atoms with Crippen molar-refractivity contribution < 1.29 is 18.3 Å². The average molecular weight is 341 g/mol. The molecule has 2 aromatic rings. The highest BCUT2D eigenvalue weighted by molar-refractivity contribution is 9.10. The van der Waals surface area contributed by atoms with Gasteiger partial charge in [0.15, 0.2) is 24.0 Å². The molecule has 0 aliphatic heterocycles. The number of ether oxygens (including phenoxy) is 1. The van der Waals surface area contributed by atoms with Crippen LogP contribution in [0.4, 0.5) is 8.78 Å². The van der Waals surface area contributed by atoms with Crippen molar-refractivity contribution in [2.75, 3.05) is 6.67 Å². The van der Waals surface area contributed by atoms with Crippen LogP contribution in [0.3, 0.4) is 0 Å². The minimum atomic E-state index is -1.25. The van der Waals surface area contributed by atoms with Crippen molar-refractivity contribution in [3.8, 4) is 5.75 Å². The Hall–Kier alpha value is -1.75. The standard InChI is InChI=1S/C15H11BrF2O2/c16-11-6-7-13(15(18)14(11)12(19)8-17)20-9-10-4-2-1-3-5-10/h1-7H,8-9H2. The predicted molar refractivity (Wildman–Crippen MR) is 75.2 cm³/mol. The van der Waals surface area contributed by atoms with Crippen molar-refractivity contribution in [3.05, 3.63) is 63.9 Å². The molecule has 20 heavy (non-hydrogen) atoms. The number of halogens is 3. The average Bonchev–Trinajstić information content (AvgIpc) is 2.47. The minimum Gasteiger partial charge on any atom is -0.486 e. The number of carbonyl (C=O) groups is 1. The van der Waals surface area contributed by atoms with Gasteiger partial charge in [-0.05, 0) is 33.6 Å². The maximum Gasteiger partial charge on any atom is 0.198 e. The Morgan fingerprint density at radius 1 is 1.15 bits per heavy atom. The van der Waals surface area contributed by atoms with Gasteiger partial charge in [0, 0.05) is 4.47 Å². The lowest BCUT2D eigenvalue weighted by Gasteiger charge is -2.10. The molecule has 0 N–H and O–H groups in total. The summed E-state index contributed by atoms with van der Waals surface area (Å²) in [5, 5.41) is 0. The van der Waals surface area contributed by atoms with E-state index in [-0.39, 0.29) is 22.4 Å². The molecule has 2 rings (SSSR count). The van der Waals surface area contributed by atoms with Crippen molar-refractivity contribution in [3.63, 3.8) is 0 Å². The van der Waals surface area contributed by atoms with Crippen LogP contribution in [-0.4, -0.2) is 12.5 Å². The molecule has 0 saturated carbocycles. The quantitative estimate of drug-likeness (QED) is 0.757. The minimum absolute atomic E-state index is 0.0751. The Balaban J connectivity index is 2.23. The zero-order valence-corrected chi connectivity index (χ0v) is 12.0. The van der Waals surface area contributed by atoms with Gasteiger partial charge in [0.25, 0.3) is 0 Å². The molecule has 0 spiro atoms. The molecule has 0 heterocycles. The van der Waals surface area contributed by atoms with Gasteiger partial charge >= 0.3 is 0 Å². The van der Waals surface area contributed by atoms with Crippen LogP contribution in [0.2, 0.25) is 0 Å². The molecule has 5 heteroatoms. The van der Waals surface area contributed by atoms with Gasteiger partial charge in [-0.2, -0.15) is 0 Å². The van der Waals surface area contributed by atoms with Gasteiger partial charge in [0.1, 0.15) is 6.61 Å². The lowest BCUT2D eigenvalue weighted by molar-refractivity contribution is 0.0952. The van der Waals surface area contributed by atoms with E-state index in [4.69, 9.17) is 4.74 Å². The predicted octanol–water partition coefficient (Wildman–Crippen LogP) is 4.32. The van der Waals surface area contributed by atoms with Gasteiger partial charge in [-0.15, -0.1) is 0 Å². The SMILES string of the molecule is O=C(CF)c1c(Br)ccc(OCc2ccccc2)c1F. The van der Waals surface area contributed by atoms with Crippen molar-refractivity contribution in [1.29, 1.82) is 0 Å². The molecule has 0 unspecified atom stereocenters. The summed E-state index contributed by atoms with van der Waals surface area (Å²) in [4.78, 5) is 11.4. The summed E-state index contributed by atoms with van der Waals surface area (Å²) in [6, 6.07) is 12.1. The van der Waals surface area contributed by atoms with Crippen LogP contribution in [-0.2, 0) is 6.61 Å². The van der Waals surface area contributed by atoms with Crippen LogP contribution in [0, 0.1) is 5.82 Å². The molecular weight excluding hydrogens is 330 g/mol. The second-order valence-corrected chi connectivity index (χ2v) is 4.92. The summed E-state index contributed by atoms with van der Waals surface area (Å²) >= 11 is 3.04. The first-order chi connectivity index (χ1) is 9.63. The third-order valence-corrected chi connectivity index (χ3v) is 3.35. The third-order valence-electron chi connectivity index (χ3n) is 2.69. The Morgan fingerprint density at radius 2 is 1.85 bits per heavy atom. The Bertz CT molecular complexity index is 615. The normalized spacial score (nSPS) is 10.3. The molecule has 2 nitrogen and oxygen atoms in total. The highest BCUT2D eigenvalue weighted by Gasteiger charge is 2.19. The van der Waals surface area contributed by atoms with Gasteiger partial charge in [-0.3, -0.25) is 4.79 Å². The van der Waals surface area contributed by atoms with Gasteiger partial charge in [0.05, 0.1) is 5.56 Å². The maximum absolute atomic E-state index is 14.1. The van der Waals surface area contributed by atoms with Crippen LogP contribution in [0.5, 0.6) is 5.75 Å². The molecule has 0 fully saturated rings. The summed E-state index contributed by atoms with van der Waals surface area (Å²) in [5.74, 6) is -1.84. The summed E-state index contributed by atoms with van der Waals surface area (Å²) < 4.78 is 32.1. The summed E-state index contributed by atoms with van der Waals surface area (Å²) in [6.07, 6.45) is 0. The lowest BCUT2D eigenvalue weighted by atomic mass is 10.1. The maximum atomic E-state index is 14.1. The van der Waals surface area contributed by atoms with Gasteiger partial charge in [-0.1, -0.05) is 30.3 Å². The zero-order valence-electron chi connectivity index (χ0n) is 10.4. The molecule has 104 valence electrons. The third kappa shape index (κ3) is 3.22. The summed E-state index contributed by atoms with van der Waals surface area (Å²) in [7, 11) is 0. The van der Waals surface area contributed by atoms with E-state index in [9.17, 15) is 13.6 Å². The number of ketones is 1. The van der Waals surface area contributed by atoms with E-state index in [1.165, 1.54) is 12.1 Å². The second kappa shape index (κ2) is 6.61. The monoisotopic (exact) mass is 340 g/mol. The van der Waals surface area contributed by atoms with E-state index >= 15 is 0 Å². The van der Waals surface area contributed by atoms with Crippen LogP contribution < -0.4 is 4.74 Å². The van der Waals surface area contributed by atoms with Gasteiger partial charge in [0.2, 0.25) is 0 Å².